The molecular formula is C20H33BF4N5O3-. The van der Waals surface area contributed by atoms with Gasteiger partial charge in [0, 0.05) is 50.8 Å². The molecule has 8 nitrogen and oxygen atoms in total. The lowest BCUT2D eigenvalue weighted by Crippen LogP contribution is -2.53. The van der Waals surface area contributed by atoms with E-state index in [-0.39, 0.29) is 5.91 Å². The van der Waals surface area contributed by atoms with Crippen LogP contribution in [-0.2, 0) is 9.53 Å². The lowest BCUT2D eigenvalue weighted by molar-refractivity contribution is -0.133. The van der Waals surface area contributed by atoms with E-state index >= 15 is 0 Å². The molecule has 2 amide bonds. The Kier molecular flexibility index (Phi) is 11.4. The third-order valence-electron chi connectivity index (χ3n) is 4.55. The first-order valence-electron chi connectivity index (χ1n) is 10.8. The number of nitrogens with two attached hydrogens (primary N) is 1. The second kappa shape index (κ2) is 13.2. The number of hydrogen-bond acceptors (Lipinski definition) is 6. The smallest absolute Gasteiger partial charge is 0.444 e. The predicted molar refractivity (Wildman–Crippen MR) is 119 cm³/mol. The van der Waals surface area contributed by atoms with Crippen molar-refractivity contribution in [2.45, 2.75) is 51.7 Å². The molecule has 2 heterocycles. The molecule has 1 unspecified atom stereocenters. The Morgan fingerprint density at radius 1 is 1.12 bits per heavy atom. The van der Waals surface area contributed by atoms with Crippen LogP contribution in [-0.4, -0.2) is 73.5 Å². The van der Waals surface area contributed by atoms with Gasteiger partial charge in [0.25, 0.3) is 0 Å². The van der Waals surface area contributed by atoms with Gasteiger partial charge in [0.05, 0.1) is 6.04 Å². The number of piperazine rings is 1. The summed E-state index contributed by atoms with van der Waals surface area (Å²) < 4.78 is 44.2. The molecule has 0 bridgehead atoms. The van der Waals surface area contributed by atoms with Crippen LogP contribution < -0.4 is 16.0 Å². The summed E-state index contributed by atoms with van der Waals surface area (Å²) in [4.78, 5) is 32.3. The zero-order valence-electron chi connectivity index (χ0n) is 19.3. The maximum Gasteiger partial charge on any atom is 0.673 e. The number of rotatable bonds is 7. The topological polar surface area (TPSA) is 101 Å². The van der Waals surface area contributed by atoms with Crippen LogP contribution in [0.3, 0.4) is 0 Å². The average molecular weight is 478 g/mol. The molecule has 1 aromatic rings. The molecule has 1 aliphatic rings. The second-order valence-corrected chi connectivity index (χ2v) is 8.54. The Morgan fingerprint density at radius 2 is 1.67 bits per heavy atom. The van der Waals surface area contributed by atoms with Gasteiger partial charge in [-0.15, -0.1) is 0 Å². The summed E-state index contributed by atoms with van der Waals surface area (Å²) in [6, 6.07) is 3.47. The first kappa shape index (κ1) is 28.5. The summed E-state index contributed by atoms with van der Waals surface area (Å²) in [6.45, 7) is 8.94. The fraction of sp³-hybridized carbons (Fsp3) is 0.650. The van der Waals surface area contributed by atoms with Crippen molar-refractivity contribution in [3.63, 3.8) is 0 Å². The van der Waals surface area contributed by atoms with E-state index in [0.717, 1.165) is 31.6 Å². The van der Waals surface area contributed by atoms with Crippen LogP contribution in [0, 0.1) is 0 Å². The molecule has 188 valence electrons. The Labute approximate surface area is 191 Å². The largest absolute Gasteiger partial charge is 0.673 e. The molecule has 1 saturated heterocycles. The Balaban J connectivity index is 0.000000981. The summed E-state index contributed by atoms with van der Waals surface area (Å²) in [5.41, 5.74) is 6.72. The van der Waals surface area contributed by atoms with E-state index in [1.165, 1.54) is 0 Å². The molecular weight excluding hydrogens is 445 g/mol. The molecule has 0 radical (unpaired) electrons. The third-order valence-corrected chi connectivity index (χ3v) is 4.55. The van der Waals surface area contributed by atoms with Crippen LogP contribution >= 0.6 is 0 Å². The number of pyridine rings is 1. The molecule has 33 heavy (non-hydrogen) atoms. The van der Waals surface area contributed by atoms with Crippen molar-refractivity contribution in [3.05, 3.63) is 24.5 Å². The van der Waals surface area contributed by atoms with Gasteiger partial charge in [0.15, 0.2) is 0 Å². The van der Waals surface area contributed by atoms with Crippen molar-refractivity contribution in [2.24, 2.45) is 5.73 Å². The highest BCUT2D eigenvalue weighted by Gasteiger charge is 2.25. The van der Waals surface area contributed by atoms with Gasteiger partial charge in [-0.2, -0.15) is 0 Å². The minimum Gasteiger partial charge on any atom is -0.444 e. The number of hydrogen-bond donors (Lipinski definition) is 2. The minimum atomic E-state index is -6.00. The van der Waals surface area contributed by atoms with Crippen molar-refractivity contribution >= 4 is 24.9 Å². The molecule has 13 heteroatoms. The summed E-state index contributed by atoms with van der Waals surface area (Å²) >= 11 is 0. The number of ether oxygens (including phenoxy) is 1. The van der Waals surface area contributed by atoms with E-state index in [2.05, 4.69) is 15.2 Å². The first-order valence-corrected chi connectivity index (χ1v) is 10.8. The van der Waals surface area contributed by atoms with E-state index in [4.69, 9.17) is 10.5 Å². The molecule has 0 saturated carbocycles. The van der Waals surface area contributed by atoms with Crippen LogP contribution in [0.25, 0.3) is 0 Å². The SMILES string of the molecule is CC(C)(C)OC(=O)NCCCCC(N)C(=O)N1CCN(c2ccncc2)CC1.F[B-](F)(F)F. The summed E-state index contributed by atoms with van der Waals surface area (Å²) in [7, 11) is -6.00. The average Bonchev–Trinajstić information content (AvgIpc) is 2.71. The molecule has 0 spiro atoms. The number of alkyl carbamates (subject to hydrolysis) is 1. The van der Waals surface area contributed by atoms with Crippen molar-refractivity contribution in [1.82, 2.24) is 15.2 Å². The lowest BCUT2D eigenvalue weighted by Gasteiger charge is -2.37. The van der Waals surface area contributed by atoms with E-state index in [1.807, 2.05) is 37.8 Å². The Bertz CT molecular complexity index is 721. The van der Waals surface area contributed by atoms with Gasteiger partial charge in [-0.3, -0.25) is 9.78 Å². The molecule has 1 aromatic heterocycles. The lowest BCUT2D eigenvalue weighted by atomic mass is 10.1. The number of halogens is 4. The Hall–Kier alpha value is -2.57. The van der Waals surface area contributed by atoms with E-state index in [0.29, 0.717) is 26.1 Å². The molecule has 2 rings (SSSR count). The fourth-order valence-electron chi connectivity index (χ4n) is 3.09. The minimum absolute atomic E-state index is 0.00878. The number of nitrogens with one attached hydrogen (secondary N) is 1. The van der Waals surface area contributed by atoms with Gasteiger partial charge < -0.3 is 42.8 Å². The van der Waals surface area contributed by atoms with Crippen LogP contribution in [0.4, 0.5) is 27.7 Å². The third kappa shape index (κ3) is 13.6. The number of unbranched alkanes of at least 4 members (excludes halogenated alkanes) is 1. The van der Waals surface area contributed by atoms with Gasteiger partial charge >= 0.3 is 13.3 Å². The van der Waals surface area contributed by atoms with Crippen LogP contribution in [0.2, 0.25) is 0 Å². The predicted octanol–water partition coefficient (Wildman–Crippen LogP) is 3.05. The van der Waals surface area contributed by atoms with Gasteiger partial charge in [-0.05, 0) is 52.2 Å². The quantitative estimate of drug-likeness (QED) is 0.355. The molecule has 0 aliphatic carbocycles. The Morgan fingerprint density at radius 3 is 2.18 bits per heavy atom. The van der Waals surface area contributed by atoms with E-state index < -0.39 is 25.0 Å². The van der Waals surface area contributed by atoms with Crippen molar-refractivity contribution in [1.29, 1.82) is 0 Å². The van der Waals surface area contributed by atoms with E-state index in [1.54, 1.807) is 12.4 Å². The number of nitrogens with zero attached hydrogens (tertiary/aromatic N) is 3. The van der Waals surface area contributed by atoms with E-state index in [9.17, 15) is 26.9 Å². The first-order chi connectivity index (χ1) is 15.3. The number of aromatic nitrogens is 1. The monoisotopic (exact) mass is 478 g/mol. The van der Waals surface area contributed by atoms with Gasteiger partial charge in [0.2, 0.25) is 5.91 Å². The molecule has 3 N–H and O–H groups in total. The molecule has 1 fully saturated rings. The van der Waals surface area contributed by atoms with Gasteiger partial charge in [-0.25, -0.2) is 4.79 Å². The van der Waals surface area contributed by atoms with Crippen molar-refractivity contribution in [2.75, 3.05) is 37.6 Å². The van der Waals surface area contributed by atoms with Crippen molar-refractivity contribution < 1.29 is 31.6 Å². The molecule has 1 atom stereocenters. The normalized spacial score (nSPS) is 15.3. The number of carbonyl (C=O) groups excluding carboxylic acids is 2. The summed E-state index contributed by atoms with van der Waals surface area (Å²) in [5, 5.41) is 2.72. The standard InChI is InChI=1S/C20H33N5O3.BF4/c1-20(2,3)28-19(27)23-9-5-4-6-17(21)18(26)25-14-12-24(13-15-25)16-7-10-22-11-8-16;2-1(3,4)5/h7-8,10-11,17H,4-6,9,12-15,21H2,1-3H3,(H,23,27);/q;-1. The van der Waals surface area contributed by atoms with Gasteiger partial charge in [0.1, 0.15) is 5.60 Å². The number of amides is 2. The molecule has 0 aromatic carbocycles. The highest BCUT2D eigenvalue weighted by atomic mass is 19.5. The van der Waals surface area contributed by atoms with Crippen LogP contribution in [0.15, 0.2) is 24.5 Å². The van der Waals surface area contributed by atoms with Crippen LogP contribution in [0.5, 0.6) is 0 Å². The van der Waals surface area contributed by atoms with Gasteiger partial charge in [-0.1, -0.05) is 0 Å². The summed E-state index contributed by atoms with van der Waals surface area (Å²) in [5.74, 6) is 0.00878. The zero-order valence-corrected chi connectivity index (χ0v) is 19.3. The fourth-order valence-corrected chi connectivity index (χ4v) is 3.09. The highest BCUT2D eigenvalue weighted by Crippen LogP contribution is 2.15. The summed E-state index contributed by atoms with van der Waals surface area (Å²) in [6.07, 6.45) is 5.29. The maximum absolute atomic E-state index is 12.6. The van der Waals surface area contributed by atoms with Crippen LogP contribution in [0.1, 0.15) is 40.0 Å². The number of anilines is 1. The molecule has 1 aliphatic heterocycles. The maximum atomic E-state index is 12.6. The zero-order chi connectivity index (χ0) is 25.1. The number of carbonyl (C=O) groups is 2. The van der Waals surface area contributed by atoms with Crippen molar-refractivity contribution in [3.8, 4) is 0 Å². The highest BCUT2D eigenvalue weighted by molar-refractivity contribution is 6.50. The second-order valence-electron chi connectivity index (χ2n) is 8.54.